The highest BCUT2D eigenvalue weighted by Gasteiger charge is 2.59. The summed E-state index contributed by atoms with van der Waals surface area (Å²) in [7, 11) is -1.32. The minimum Gasteiger partial charge on any atom is -0.346 e. The Morgan fingerprint density at radius 3 is 2.55 bits per heavy atom. The Bertz CT molecular complexity index is 654. The van der Waals surface area contributed by atoms with Crippen molar-refractivity contribution in [3.63, 3.8) is 0 Å². The van der Waals surface area contributed by atoms with Gasteiger partial charge in [-0.15, -0.1) is 0 Å². The predicted molar refractivity (Wildman–Crippen MR) is 81.2 cm³/mol. The van der Waals surface area contributed by atoms with Gasteiger partial charge in [-0.05, 0) is 32.0 Å². The predicted octanol–water partition coefficient (Wildman–Crippen LogP) is 1.44. The number of piperidine rings is 1. The number of likely N-dealkylation sites (N-methyl/N-ethyl adjacent to an activating group) is 1. The summed E-state index contributed by atoms with van der Waals surface area (Å²) in [5.41, 5.74) is 0. The van der Waals surface area contributed by atoms with Crippen molar-refractivity contribution in [3.05, 3.63) is 30.3 Å². The Balaban J connectivity index is 1.68. The average molecular weight is 323 g/mol. The van der Waals surface area contributed by atoms with E-state index in [-0.39, 0.29) is 17.3 Å². The first kappa shape index (κ1) is 14.6. The summed E-state index contributed by atoms with van der Waals surface area (Å²) in [4.78, 5) is 2.59. The van der Waals surface area contributed by atoms with Crippen molar-refractivity contribution in [2.24, 2.45) is 0 Å². The monoisotopic (exact) mass is 323 g/mol. The summed E-state index contributed by atoms with van der Waals surface area (Å²) in [6, 6.07) is 8.86. The van der Waals surface area contributed by atoms with Gasteiger partial charge in [0, 0.05) is 12.5 Å². The Hall–Kier alpha value is -0.950. The first-order valence-corrected chi connectivity index (χ1v) is 9.38. The van der Waals surface area contributed by atoms with Crippen LogP contribution in [0.5, 0.6) is 0 Å². The lowest BCUT2D eigenvalue weighted by atomic mass is 9.96. The lowest BCUT2D eigenvalue weighted by molar-refractivity contribution is -0.215. The Kier molecular flexibility index (Phi) is 3.34. The van der Waals surface area contributed by atoms with Crippen molar-refractivity contribution < 1.29 is 17.9 Å². The van der Waals surface area contributed by atoms with Crippen molar-refractivity contribution in [1.29, 1.82) is 0 Å². The summed E-state index contributed by atoms with van der Waals surface area (Å²) < 4.78 is 37.8. The second kappa shape index (κ2) is 5.03. The summed E-state index contributed by atoms with van der Waals surface area (Å²) in [5, 5.41) is -0.378. The summed E-state index contributed by atoms with van der Waals surface area (Å²) in [6.45, 7) is 1.20. The maximum atomic E-state index is 13.0. The van der Waals surface area contributed by atoms with Crippen LogP contribution in [0.15, 0.2) is 35.2 Å². The third kappa shape index (κ3) is 1.98. The van der Waals surface area contributed by atoms with Crippen LogP contribution in [0.25, 0.3) is 0 Å². The molecule has 2 bridgehead atoms. The third-order valence-electron chi connectivity index (χ3n) is 5.44. The van der Waals surface area contributed by atoms with Gasteiger partial charge in [0.15, 0.2) is 15.6 Å². The van der Waals surface area contributed by atoms with Gasteiger partial charge in [0.1, 0.15) is 0 Å². The molecule has 3 saturated heterocycles. The van der Waals surface area contributed by atoms with E-state index in [1.807, 2.05) is 13.1 Å². The maximum Gasteiger partial charge on any atom is 0.184 e. The molecule has 1 aromatic carbocycles. The standard InChI is InChI=1S/C16H21NO4S/c1-17-13-7-8-16(20-9-10-21-16)15(17)11-14(13)22(18,19)12-5-3-2-4-6-12/h2-6,13-15H,7-11H2,1H3/t13-,14-,15-/m1/s1. The molecule has 0 aliphatic carbocycles. The molecule has 6 heteroatoms. The largest absolute Gasteiger partial charge is 0.346 e. The van der Waals surface area contributed by atoms with Gasteiger partial charge in [0.25, 0.3) is 0 Å². The van der Waals surface area contributed by atoms with Crippen molar-refractivity contribution in [1.82, 2.24) is 4.90 Å². The van der Waals surface area contributed by atoms with Crippen LogP contribution >= 0.6 is 0 Å². The van der Waals surface area contributed by atoms with Crippen LogP contribution in [-0.4, -0.2) is 56.7 Å². The van der Waals surface area contributed by atoms with E-state index >= 15 is 0 Å². The van der Waals surface area contributed by atoms with E-state index < -0.39 is 15.6 Å². The highest BCUT2D eigenvalue weighted by molar-refractivity contribution is 7.92. The fourth-order valence-electron chi connectivity index (χ4n) is 4.36. The van der Waals surface area contributed by atoms with E-state index in [0.29, 0.717) is 24.5 Å². The fraction of sp³-hybridized carbons (Fsp3) is 0.625. The van der Waals surface area contributed by atoms with Crippen LogP contribution in [0.3, 0.4) is 0 Å². The molecule has 0 unspecified atom stereocenters. The molecule has 0 amide bonds. The third-order valence-corrected chi connectivity index (χ3v) is 7.68. The van der Waals surface area contributed by atoms with Gasteiger partial charge in [-0.3, -0.25) is 4.90 Å². The van der Waals surface area contributed by atoms with Crippen LogP contribution in [-0.2, 0) is 19.3 Å². The number of fused-ring (bicyclic) bond motifs is 3. The molecule has 0 N–H and O–H groups in total. The second-order valence-corrected chi connectivity index (χ2v) is 8.60. The number of hydrogen-bond donors (Lipinski definition) is 0. The van der Waals surface area contributed by atoms with Crippen molar-refractivity contribution >= 4 is 9.84 Å². The van der Waals surface area contributed by atoms with Crippen LogP contribution in [0.2, 0.25) is 0 Å². The minimum absolute atomic E-state index is 0.0252. The zero-order valence-corrected chi connectivity index (χ0v) is 13.5. The Morgan fingerprint density at radius 1 is 1.18 bits per heavy atom. The van der Waals surface area contributed by atoms with Gasteiger partial charge in [-0.25, -0.2) is 8.42 Å². The van der Waals surface area contributed by atoms with Gasteiger partial charge in [0.05, 0.1) is 29.4 Å². The molecule has 3 atom stereocenters. The first-order chi connectivity index (χ1) is 10.5. The van der Waals surface area contributed by atoms with Crippen LogP contribution < -0.4 is 0 Å². The number of sulfone groups is 1. The Labute approximate surface area is 131 Å². The summed E-state index contributed by atoms with van der Waals surface area (Å²) in [6.07, 6.45) is 2.16. The Morgan fingerprint density at radius 2 is 1.86 bits per heavy atom. The first-order valence-electron chi connectivity index (χ1n) is 7.83. The van der Waals surface area contributed by atoms with Gasteiger partial charge < -0.3 is 9.47 Å². The van der Waals surface area contributed by atoms with E-state index in [1.165, 1.54) is 0 Å². The molecule has 120 valence electrons. The van der Waals surface area contributed by atoms with E-state index in [1.54, 1.807) is 24.3 Å². The molecule has 0 radical (unpaired) electrons. The molecule has 5 nitrogen and oxygen atoms in total. The molecular formula is C16H21NO4S. The van der Waals surface area contributed by atoms with E-state index in [0.717, 1.165) is 12.8 Å². The zero-order chi connectivity index (χ0) is 15.4. The quantitative estimate of drug-likeness (QED) is 0.824. The highest BCUT2D eigenvalue weighted by atomic mass is 32.2. The fourth-order valence-corrected chi connectivity index (χ4v) is 6.42. The van der Waals surface area contributed by atoms with Gasteiger partial charge in [-0.1, -0.05) is 18.2 Å². The van der Waals surface area contributed by atoms with Crippen molar-refractivity contribution in [2.75, 3.05) is 20.3 Å². The van der Waals surface area contributed by atoms with Crippen LogP contribution in [0.4, 0.5) is 0 Å². The molecule has 3 aliphatic heterocycles. The van der Waals surface area contributed by atoms with Gasteiger partial charge in [-0.2, -0.15) is 0 Å². The average Bonchev–Trinajstić information content (AvgIpc) is 3.06. The smallest absolute Gasteiger partial charge is 0.184 e. The van der Waals surface area contributed by atoms with Crippen molar-refractivity contribution in [2.45, 2.75) is 47.3 Å². The number of nitrogens with zero attached hydrogens (tertiary/aromatic N) is 1. The number of hydrogen-bond acceptors (Lipinski definition) is 5. The zero-order valence-electron chi connectivity index (χ0n) is 12.6. The lowest BCUT2D eigenvalue weighted by Gasteiger charge is -2.43. The number of benzene rings is 1. The molecule has 4 rings (SSSR count). The van der Waals surface area contributed by atoms with Crippen LogP contribution in [0, 0.1) is 0 Å². The van der Waals surface area contributed by atoms with Crippen molar-refractivity contribution in [3.8, 4) is 0 Å². The molecule has 3 heterocycles. The highest BCUT2D eigenvalue weighted by Crippen LogP contribution is 2.47. The number of rotatable bonds is 2. The second-order valence-electron chi connectivity index (χ2n) is 6.43. The minimum atomic E-state index is -3.32. The molecule has 3 fully saturated rings. The molecule has 1 spiro atoms. The molecule has 22 heavy (non-hydrogen) atoms. The van der Waals surface area contributed by atoms with E-state index in [4.69, 9.17) is 9.47 Å². The van der Waals surface area contributed by atoms with E-state index in [9.17, 15) is 8.42 Å². The topological polar surface area (TPSA) is 55.8 Å². The van der Waals surface area contributed by atoms with Crippen LogP contribution in [0.1, 0.15) is 19.3 Å². The lowest BCUT2D eigenvalue weighted by Crippen LogP contribution is -2.55. The normalized spacial score (nSPS) is 34.3. The molecule has 3 aliphatic rings. The molecule has 0 saturated carbocycles. The molecule has 1 aromatic rings. The summed E-state index contributed by atoms with van der Waals surface area (Å²) in [5.74, 6) is -0.591. The number of ether oxygens (including phenoxy) is 2. The van der Waals surface area contributed by atoms with E-state index in [2.05, 4.69) is 4.90 Å². The van der Waals surface area contributed by atoms with Gasteiger partial charge >= 0.3 is 0 Å². The molecular weight excluding hydrogens is 302 g/mol. The molecule has 0 aromatic heterocycles. The maximum absolute atomic E-state index is 13.0. The van der Waals surface area contributed by atoms with Gasteiger partial charge in [0.2, 0.25) is 0 Å². The summed E-state index contributed by atoms with van der Waals surface area (Å²) >= 11 is 0. The SMILES string of the molecule is CN1[C@@H]2CCC3(OCCO3)[C@H]1C[C@H]2S(=O)(=O)c1ccccc1.